The quantitative estimate of drug-likeness (QED) is 0.666. The van der Waals surface area contributed by atoms with Gasteiger partial charge in [0.2, 0.25) is 5.82 Å². The Balaban J connectivity index is 2.94. The second kappa shape index (κ2) is 5.95. The highest BCUT2D eigenvalue weighted by Crippen LogP contribution is 2.26. The van der Waals surface area contributed by atoms with Crippen LogP contribution in [0.15, 0.2) is 16.7 Å². The molecule has 0 aliphatic rings. The molecule has 2 atom stereocenters. The summed E-state index contributed by atoms with van der Waals surface area (Å²) in [6, 6.07) is 1.60. The standard InChI is InChI=1S/C11H16BrN3O2/c1-4-7(2)8(3)14-11-10(15(16)17)5-9(12)6-13-11/h5-8H,4H2,1-3H3,(H,13,14). The fourth-order valence-corrected chi connectivity index (χ4v) is 1.71. The third-order valence-electron chi connectivity index (χ3n) is 2.89. The van der Waals surface area contributed by atoms with Crippen molar-refractivity contribution in [1.82, 2.24) is 4.98 Å². The number of nitro groups is 1. The van der Waals surface area contributed by atoms with Gasteiger partial charge in [-0.25, -0.2) is 4.98 Å². The van der Waals surface area contributed by atoms with Crippen molar-refractivity contribution >= 4 is 27.4 Å². The number of hydrogen-bond donors (Lipinski definition) is 1. The zero-order chi connectivity index (χ0) is 13.0. The lowest BCUT2D eigenvalue weighted by molar-refractivity contribution is -0.384. The first-order valence-electron chi connectivity index (χ1n) is 5.52. The van der Waals surface area contributed by atoms with Crippen LogP contribution >= 0.6 is 15.9 Å². The van der Waals surface area contributed by atoms with E-state index in [-0.39, 0.29) is 11.7 Å². The summed E-state index contributed by atoms with van der Waals surface area (Å²) in [6.45, 7) is 6.19. The minimum absolute atomic E-state index is 0.00507. The van der Waals surface area contributed by atoms with Crippen LogP contribution in [0.25, 0.3) is 0 Å². The molecule has 5 nitrogen and oxygen atoms in total. The maximum absolute atomic E-state index is 10.9. The van der Waals surface area contributed by atoms with Gasteiger partial charge < -0.3 is 5.32 Å². The van der Waals surface area contributed by atoms with E-state index < -0.39 is 4.92 Å². The molecular weight excluding hydrogens is 286 g/mol. The van der Waals surface area contributed by atoms with Crippen LogP contribution in [0.1, 0.15) is 27.2 Å². The minimum Gasteiger partial charge on any atom is -0.362 e. The fourth-order valence-electron chi connectivity index (χ4n) is 1.39. The molecule has 0 aliphatic heterocycles. The number of nitrogens with zero attached hydrogens (tertiary/aromatic N) is 2. The zero-order valence-electron chi connectivity index (χ0n) is 10.1. The highest BCUT2D eigenvalue weighted by atomic mass is 79.9. The van der Waals surface area contributed by atoms with Crippen LogP contribution in [-0.4, -0.2) is 15.9 Å². The lowest BCUT2D eigenvalue weighted by Crippen LogP contribution is -2.24. The molecule has 0 aromatic carbocycles. The van der Waals surface area contributed by atoms with Crippen molar-refractivity contribution in [3.8, 4) is 0 Å². The van der Waals surface area contributed by atoms with E-state index in [4.69, 9.17) is 0 Å². The van der Waals surface area contributed by atoms with Crippen molar-refractivity contribution in [3.63, 3.8) is 0 Å². The Morgan fingerprint density at radius 2 is 2.24 bits per heavy atom. The number of pyridine rings is 1. The van der Waals surface area contributed by atoms with E-state index in [0.717, 1.165) is 6.42 Å². The summed E-state index contributed by atoms with van der Waals surface area (Å²) < 4.78 is 0.603. The van der Waals surface area contributed by atoms with Gasteiger partial charge in [-0.1, -0.05) is 20.3 Å². The normalized spacial score (nSPS) is 14.1. The summed E-state index contributed by atoms with van der Waals surface area (Å²) in [4.78, 5) is 14.5. The number of nitrogens with one attached hydrogen (secondary N) is 1. The van der Waals surface area contributed by atoms with Crippen molar-refractivity contribution in [2.45, 2.75) is 33.2 Å². The smallest absolute Gasteiger partial charge is 0.312 e. The third-order valence-corrected chi connectivity index (χ3v) is 3.33. The number of hydrogen-bond acceptors (Lipinski definition) is 4. The fraction of sp³-hybridized carbons (Fsp3) is 0.545. The number of anilines is 1. The molecule has 0 fully saturated rings. The lowest BCUT2D eigenvalue weighted by atomic mass is 10.0. The molecule has 1 N–H and O–H groups in total. The molecule has 1 aromatic rings. The zero-order valence-corrected chi connectivity index (χ0v) is 11.7. The minimum atomic E-state index is -0.427. The average Bonchev–Trinajstić information content (AvgIpc) is 2.29. The molecule has 2 unspecified atom stereocenters. The number of halogens is 1. The third kappa shape index (κ3) is 3.66. The molecule has 0 amide bonds. The lowest BCUT2D eigenvalue weighted by Gasteiger charge is -2.20. The van der Waals surface area contributed by atoms with Gasteiger partial charge in [-0.05, 0) is 28.8 Å². The van der Waals surface area contributed by atoms with Gasteiger partial charge >= 0.3 is 5.69 Å². The Morgan fingerprint density at radius 1 is 1.59 bits per heavy atom. The Bertz CT molecular complexity index is 412. The Labute approximate surface area is 109 Å². The van der Waals surface area contributed by atoms with Crippen molar-refractivity contribution in [2.75, 3.05) is 5.32 Å². The molecule has 0 saturated heterocycles. The van der Waals surface area contributed by atoms with Gasteiger partial charge in [0.1, 0.15) is 0 Å². The highest BCUT2D eigenvalue weighted by molar-refractivity contribution is 9.10. The maximum Gasteiger partial charge on any atom is 0.312 e. The summed E-state index contributed by atoms with van der Waals surface area (Å²) >= 11 is 3.18. The van der Waals surface area contributed by atoms with Crippen molar-refractivity contribution in [3.05, 3.63) is 26.9 Å². The van der Waals surface area contributed by atoms with Gasteiger partial charge in [0.05, 0.1) is 4.92 Å². The summed E-state index contributed by atoms with van der Waals surface area (Å²) in [6.07, 6.45) is 2.57. The van der Waals surface area contributed by atoms with Gasteiger partial charge in [0, 0.05) is 22.8 Å². The summed E-state index contributed by atoms with van der Waals surface area (Å²) in [5.74, 6) is 0.756. The molecule has 1 rings (SSSR count). The molecule has 0 spiro atoms. The predicted molar refractivity (Wildman–Crippen MR) is 71.1 cm³/mol. The van der Waals surface area contributed by atoms with Crippen LogP contribution in [0.5, 0.6) is 0 Å². The molecule has 94 valence electrons. The first-order chi connectivity index (χ1) is 7.95. The first kappa shape index (κ1) is 13.9. The summed E-state index contributed by atoms with van der Waals surface area (Å²) in [7, 11) is 0. The topological polar surface area (TPSA) is 68.1 Å². The van der Waals surface area contributed by atoms with Gasteiger partial charge in [-0.15, -0.1) is 0 Å². The molecule has 0 aliphatic carbocycles. The van der Waals surface area contributed by atoms with Crippen LogP contribution < -0.4 is 5.32 Å². The molecule has 1 aromatic heterocycles. The average molecular weight is 302 g/mol. The van der Waals surface area contributed by atoms with E-state index in [9.17, 15) is 10.1 Å². The van der Waals surface area contributed by atoms with E-state index >= 15 is 0 Å². The van der Waals surface area contributed by atoms with Gasteiger partial charge in [-0.3, -0.25) is 10.1 Å². The Morgan fingerprint density at radius 3 is 2.76 bits per heavy atom. The largest absolute Gasteiger partial charge is 0.362 e. The van der Waals surface area contributed by atoms with E-state index in [2.05, 4.69) is 40.1 Å². The predicted octanol–water partition coefficient (Wildman–Crippen LogP) is 3.60. The second-order valence-corrected chi connectivity index (χ2v) is 5.01. The van der Waals surface area contributed by atoms with Crippen molar-refractivity contribution in [2.24, 2.45) is 5.92 Å². The summed E-state index contributed by atoms with van der Waals surface area (Å²) in [5.41, 5.74) is -0.00507. The maximum atomic E-state index is 10.9. The van der Waals surface area contributed by atoms with Crippen molar-refractivity contribution < 1.29 is 4.92 Å². The Hall–Kier alpha value is -1.17. The molecule has 17 heavy (non-hydrogen) atoms. The van der Waals surface area contributed by atoms with Crippen LogP contribution in [0.3, 0.4) is 0 Å². The van der Waals surface area contributed by atoms with Crippen LogP contribution in [0, 0.1) is 16.0 Å². The number of aromatic nitrogens is 1. The second-order valence-electron chi connectivity index (χ2n) is 4.10. The molecular formula is C11H16BrN3O2. The number of rotatable bonds is 5. The van der Waals surface area contributed by atoms with E-state index in [1.165, 1.54) is 6.07 Å². The van der Waals surface area contributed by atoms with Crippen LogP contribution in [-0.2, 0) is 0 Å². The highest BCUT2D eigenvalue weighted by Gasteiger charge is 2.19. The van der Waals surface area contributed by atoms with Gasteiger partial charge in [0.15, 0.2) is 0 Å². The molecule has 0 bridgehead atoms. The monoisotopic (exact) mass is 301 g/mol. The van der Waals surface area contributed by atoms with E-state index in [1.54, 1.807) is 6.20 Å². The van der Waals surface area contributed by atoms with E-state index in [0.29, 0.717) is 16.2 Å². The molecule has 0 radical (unpaired) electrons. The van der Waals surface area contributed by atoms with Gasteiger partial charge in [0.25, 0.3) is 0 Å². The molecule has 0 saturated carbocycles. The molecule has 6 heteroatoms. The molecule has 1 heterocycles. The van der Waals surface area contributed by atoms with Gasteiger partial charge in [-0.2, -0.15) is 0 Å². The SMILES string of the molecule is CCC(C)C(C)Nc1ncc(Br)cc1[N+](=O)[O-]. The van der Waals surface area contributed by atoms with Crippen LogP contribution in [0.4, 0.5) is 11.5 Å². The first-order valence-corrected chi connectivity index (χ1v) is 6.31. The van der Waals surface area contributed by atoms with Crippen LogP contribution in [0.2, 0.25) is 0 Å². The van der Waals surface area contributed by atoms with Crippen molar-refractivity contribution in [1.29, 1.82) is 0 Å². The van der Waals surface area contributed by atoms with E-state index in [1.807, 2.05) is 6.92 Å². The summed E-state index contributed by atoms with van der Waals surface area (Å²) in [5, 5.41) is 14.0. The Kier molecular flexibility index (Phi) is 4.86.